The first-order chi connectivity index (χ1) is 16.1. The summed E-state index contributed by atoms with van der Waals surface area (Å²) >= 11 is 0. The second-order valence-corrected chi connectivity index (χ2v) is 11.2. The van der Waals surface area contributed by atoms with Crippen molar-refractivity contribution in [3.63, 3.8) is 0 Å². The summed E-state index contributed by atoms with van der Waals surface area (Å²) in [5, 5.41) is 4.37. The van der Waals surface area contributed by atoms with E-state index in [4.69, 9.17) is 4.74 Å². The highest BCUT2D eigenvalue weighted by molar-refractivity contribution is 7.92. The fourth-order valence-corrected chi connectivity index (χ4v) is 5.67. The summed E-state index contributed by atoms with van der Waals surface area (Å²) in [6, 6.07) is 17.3. The number of hydrogen-bond donors (Lipinski definition) is 1. The standard InChI is InChI=1S/C23H22FN3O5S2/c1-32-18-10-12-19(13-11-18)34(30,31)27-23(20-8-3-4-9-21(20)24)15-22(25-27)16-6-5-7-17(14-16)26-33(2,28)29/h3-14,23,26H,15H2,1-2H3/t23-/m0/s1. The number of nitrogens with zero attached hydrogens (tertiary/aromatic N) is 2. The highest BCUT2D eigenvalue weighted by Gasteiger charge is 2.39. The third-order valence-corrected chi connectivity index (χ3v) is 7.54. The van der Waals surface area contributed by atoms with Crippen LogP contribution in [0.1, 0.15) is 23.6 Å². The lowest BCUT2D eigenvalue weighted by Gasteiger charge is -2.23. The Morgan fingerprint density at radius 1 is 1.00 bits per heavy atom. The van der Waals surface area contributed by atoms with Gasteiger partial charge in [-0.05, 0) is 48.0 Å². The maximum Gasteiger partial charge on any atom is 0.279 e. The molecule has 1 atom stereocenters. The second-order valence-electron chi connectivity index (χ2n) is 7.70. The molecule has 0 fully saturated rings. The minimum Gasteiger partial charge on any atom is -0.497 e. The molecular weight excluding hydrogens is 481 g/mol. The van der Waals surface area contributed by atoms with Crippen molar-refractivity contribution in [3.8, 4) is 5.75 Å². The van der Waals surface area contributed by atoms with Gasteiger partial charge in [0.1, 0.15) is 11.6 Å². The number of benzene rings is 3. The molecule has 178 valence electrons. The van der Waals surface area contributed by atoms with Gasteiger partial charge in [0.25, 0.3) is 10.0 Å². The van der Waals surface area contributed by atoms with Crippen LogP contribution in [0.5, 0.6) is 5.75 Å². The predicted molar refractivity (Wildman–Crippen MR) is 127 cm³/mol. The maximum atomic E-state index is 14.7. The Morgan fingerprint density at radius 3 is 2.35 bits per heavy atom. The smallest absolute Gasteiger partial charge is 0.279 e. The molecule has 0 aromatic heterocycles. The molecule has 0 saturated carbocycles. The van der Waals surface area contributed by atoms with Gasteiger partial charge in [-0.25, -0.2) is 12.8 Å². The lowest BCUT2D eigenvalue weighted by atomic mass is 9.98. The zero-order chi connectivity index (χ0) is 24.5. The van der Waals surface area contributed by atoms with E-state index in [0.717, 1.165) is 10.7 Å². The van der Waals surface area contributed by atoms with E-state index in [2.05, 4.69) is 9.82 Å². The number of anilines is 1. The first-order valence-corrected chi connectivity index (χ1v) is 13.5. The number of hydrogen-bond acceptors (Lipinski definition) is 6. The Morgan fingerprint density at radius 2 is 1.71 bits per heavy atom. The largest absolute Gasteiger partial charge is 0.497 e. The molecular formula is C23H22FN3O5S2. The molecule has 1 aliphatic rings. The van der Waals surface area contributed by atoms with E-state index in [1.807, 2.05) is 0 Å². The minimum atomic E-state index is -4.15. The summed E-state index contributed by atoms with van der Waals surface area (Å²) in [7, 11) is -6.18. The van der Waals surface area contributed by atoms with E-state index in [-0.39, 0.29) is 16.9 Å². The van der Waals surface area contributed by atoms with Crippen LogP contribution in [0, 0.1) is 5.82 Å². The normalized spacial score (nSPS) is 16.3. The van der Waals surface area contributed by atoms with Crippen molar-refractivity contribution in [2.75, 3.05) is 18.1 Å². The van der Waals surface area contributed by atoms with Crippen LogP contribution in [0.3, 0.4) is 0 Å². The van der Waals surface area contributed by atoms with Crippen LogP contribution in [0.25, 0.3) is 0 Å². The van der Waals surface area contributed by atoms with Gasteiger partial charge in [0.2, 0.25) is 10.0 Å². The lowest BCUT2D eigenvalue weighted by Crippen LogP contribution is -2.27. The van der Waals surface area contributed by atoms with Gasteiger partial charge in [-0.2, -0.15) is 17.9 Å². The van der Waals surface area contributed by atoms with Crippen LogP contribution >= 0.6 is 0 Å². The van der Waals surface area contributed by atoms with E-state index >= 15 is 0 Å². The van der Waals surface area contributed by atoms with Crippen molar-refractivity contribution in [2.45, 2.75) is 17.4 Å². The van der Waals surface area contributed by atoms with E-state index in [9.17, 15) is 21.2 Å². The van der Waals surface area contributed by atoms with Gasteiger partial charge in [-0.15, -0.1) is 0 Å². The third kappa shape index (κ3) is 4.90. The summed E-state index contributed by atoms with van der Waals surface area (Å²) in [4.78, 5) is -0.0212. The van der Waals surface area contributed by atoms with Crippen molar-refractivity contribution in [1.29, 1.82) is 0 Å². The topological polar surface area (TPSA) is 105 Å². The molecule has 0 unspecified atom stereocenters. The van der Waals surface area contributed by atoms with E-state index < -0.39 is 31.9 Å². The zero-order valence-corrected chi connectivity index (χ0v) is 20.0. The van der Waals surface area contributed by atoms with Gasteiger partial charge < -0.3 is 4.74 Å². The van der Waals surface area contributed by atoms with Crippen LogP contribution in [-0.2, 0) is 20.0 Å². The Kier molecular flexibility index (Phi) is 6.32. The Labute approximate surface area is 197 Å². The molecule has 3 aromatic carbocycles. The number of rotatable bonds is 7. The van der Waals surface area contributed by atoms with Crippen molar-refractivity contribution >= 4 is 31.4 Å². The number of nitrogens with one attached hydrogen (secondary N) is 1. The van der Waals surface area contributed by atoms with Crippen LogP contribution in [0.15, 0.2) is 82.8 Å². The monoisotopic (exact) mass is 503 g/mol. The molecule has 11 heteroatoms. The van der Waals surface area contributed by atoms with Gasteiger partial charge in [0.05, 0.1) is 30.0 Å². The quantitative estimate of drug-likeness (QED) is 0.529. The fraction of sp³-hybridized carbons (Fsp3) is 0.174. The summed E-state index contributed by atoms with van der Waals surface area (Å²) in [6.45, 7) is 0. The molecule has 1 heterocycles. The first-order valence-electron chi connectivity index (χ1n) is 10.2. The molecule has 8 nitrogen and oxygen atoms in total. The fourth-order valence-electron chi connectivity index (χ4n) is 3.69. The highest BCUT2D eigenvalue weighted by atomic mass is 32.2. The van der Waals surface area contributed by atoms with Crippen LogP contribution in [0.4, 0.5) is 10.1 Å². The summed E-state index contributed by atoms with van der Waals surface area (Å²) < 4.78 is 73.4. The maximum absolute atomic E-state index is 14.7. The first kappa shape index (κ1) is 23.7. The van der Waals surface area contributed by atoms with Gasteiger partial charge in [-0.1, -0.05) is 30.3 Å². The van der Waals surface area contributed by atoms with Crippen LogP contribution in [-0.4, -0.2) is 40.3 Å². The third-order valence-electron chi connectivity index (χ3n) is 5.24. The number of methoxy groups -OCH3 is 1. The summed E-state index contributed by atoms with van der Waals surface area (Å²) in [5.41, 5.74) is 1.38. The summed E-state index contributed by atoms with van der Waals surface area (Å²) in [5.74, 6) is -0.0585. The van der Waals surface area contributed by atoms with Crippen molar-refractivity contribution in [3.05, 3.63) is 89.7 Å². The molecule has 1 N–H and O–H groups in total. The van der Waals surface area contributed by atoms with Gasteiger partial charge in [0.15, 0.2) is 0 Å². The Bertz CT molecular complexity index is 1460. The van der Waals surface area contributed by atoms with Crippen molar-refractivity contribution < 1.29 is 26.0 Å². The lowest BCUT2D eigenvalue weighted by molar-refractivity contribution is 0.362. The number of ether oxygens (including phenoxy) is 1. The number of sulfonamides is 2. The second kappa shape index (κ2) is 9.07. The number of halogens is 1. The van der Waals surface area contributed by atoms with E-state index in [1.54, 1.807) is 30.3 Å². The molecule has 0 amide bonds. The minimum absolute atomic E-state index is 0.0212. The van der Waals surface area contributed by atoms with E-state index in [1.165, 1.54) is 49.6 Å². The molecule has 4 rings (SSSR count). The summed E-state index contributed by atoms with van der Waals surface area (Å²) in [6.07, 6.45) is 1.13. The molecule has 34 heavy (non-hydrogen) atoms. The molecule has 0 aliphatic carbocycles. The van der Waals surface area contributed by atoms with E-state index in [0.29, 0.717) is 22.7 Å². The van der Waals surface area contributed by atoms with Gasteiger partial charge in [-0.3, -0.25) is 4.72 Å². The predicted octanol–water partition coefficient (Wildman–Crippen LogP) is 3.75. The van der Waals surface area contributed by atoms with Crippen LogP contribution in [0.2, 0.25) is 0 Å². The van der Waals surface area contributed by atoms with Gasteiger partial charge >= 0.3 is 0 Å². The van der Waals surface area contributed by atoms with Crippen molar-refractivity contribution in [2.24, 2.45) is 5.10 Å². The molecule has 1 aliphatic heterocycles. The molecule has 3 aromatic rings. The van der Waals surface area contributed by atoms with Gasteiger partial charge in [0, 0.05) is 17.7 Å². The SMILES string of the molecule is COc1ccc(S(=O)(=O)N2N=C(c3cccc(NS(C)(=O)=O)c3)C[C@H]2c2ccccc2F)cc1. The molecule has 0 spiro atoms. The Balaban J connectivity index is 1.79. The highest BCUT2D eigenvalue weighted by Crippen LogP contribution is 2.38. The average Bonchev–Trinajstić information content (AvgIpc) is 3.25. The number of hydrazone groups is 1. The molecule has 0 saturated heterocycles. The van der Waals surface area contributed by atoms with Crippen molar-refractivity contribution in [1.82, 2.24) is 4.41 Å². The Hall–Kier alpha value is -3.44. The molecule has 0 bridgehead atoms. The average molecular weight is 504 g/mol. The molecule has 0 radical (unpaired) electrons. The zero-order valence-electron chi connectivity index (χ0n) is 18.3. The van der Waals surface area contributed by atoms with Crippen LogP contribution < -0.4 is 9.46 Å².